The van der Waals surface area contributed by atoms with Gasteiger partial charge < -0.3 is 20.9 Å². The Morgan fingerprint density at radius 1 is 1.23 bits per heavy atom. The number of methoxy groups -OCH3 is 1. The molecule has 116 valence electrons. The molecule has 0 aliphatic heterocycles. The molecule has 5 N–H and O–H groups in total. The van der Waals surface area contributed by atoms with E-state index in [1.165, 1.54) is 0 Å². The predicted octanol–water partition coefficient (Wildman–Crippen LogP) is 1.64. The lowest BCUT2D eigenvalue weighted by atomic mass is 10.2. The van der Waals surface area contributed by atoms with Crippen LogP contribution in [0.25, 0.3) is 11.0 Å². The SMILES string of the molecule is COc1cccc(CS(=O)c2nc3ccccc3[nH]2)c1N.O. The zero-order valence-electron chi connectivity index (χ0n) is 12.0. The van der Waals surface area contributed by atoms with Crippen LogP contribution in [-0.4, -0.2) is 26.8 Å². The van der Waals surface area contributed by atoms with E-state index in [4.69, 9.17) is 10.5 Å². The molecule has 0 fully saturated rings. The second kappa shape index (κ2) is 6.59. The molecule has 1 heterocycles. The monoisotopic (exact) mass is 319 g/mol. The minimum Gasteiger partial charge on any atom is -0.495 e. The van der Waals surface area contributed by atoms with Gasteiger partial charge in [0.2, 0.25) is 0 Å². The van der Waals surface area contributed by atoms with Crippen molar-refractivity contribution in [3.05, 3.63) is 48.0 Å². The number of fused-ring (bicyclic) bond motifs is 1. The number of nitrogens with one attached hydrogen (secondary N) is 1. The summed E-state index contributed by atoms with van der Waals surface area (Å²) >= 11 is 0. The molecule has 0 saturated carbocycles. The van der Waals surface area contributed by atoms with Crippen molar-refractivity contribution < 1.29 is 14.4 Å². The van der Waals surface area contributed by atoms with Crippen LogP contribution in [0.3, 0.4) is 0 Å². The van der Waals surface area contributed by atoms with Gasteiger partial charge in [0, 0.05) is 0 Å². The van der Waals surface area contributed by atoms with Gasteiger partial charge in [-0.05, 0) is 23.8 Å². The smallest absolute Gasteiger partial charge is 0.197 e. The van der Waals surface area contributed by atoms with E-state index >= 15 is 0 Å². The molecule has 0 spiro atoms. The quantitative estimate of drug-likeness (QED) is 0.712. The van der Waals surface area contributed by atoms with Gasteiger partial charge >= 0.3 is 0 Å². The summed E-state index contributed by atoms with van der Waals surface area (Å²) in [4.78, 5) is 7.43. The molecule has 3 aromatic rings. The van der Waals surface area contributed by atoms with Gasteiger partial charge in [-0.2, -0.15) is 0 Å². The fourth-order valence-electron chi connectivity index (χ4n) is 2.14. The first-order valence-electron chi connectivity index (χ1n) is 6.43. The Balaban J connectivity index is 0.00000176. The molecule has 2 aromatic carbocycles. The van der Waals surface area contributed by atoms with Crippen molar-refractivity contribution in [1.29, 1.82) is 0 Å². The summed E-state index contributed by atoms with van der Waals surface area (Å²) in [5.41, 5.74) is 8.99. The maximum absolute atomic E-state index is 12.5. The van der Waals surface area contributed by atoms with Gasteiger partial charge in [-0.3, -0.25) is 4.21 Å². The molecule has 3 rings (SSSR count). The third-order valence-electron chi connectivity index (χ3n) is 3.25. The first-order valence-corrected chi connectivity index (χ1v) is 7.75. The van der Waals surface area contributed by atoms with Crippen LogP contribution in [0.15, 0.2) is 47.6 Å². The molecule has 0 aliphatic carbocycles. The number of para-hydroxylation sites is 3. The Bertz CT molecular complexity index is 784. The van der Waals surface area contributed by atoms with Crippen molar-refractivity contribution in [2.75, 3.05) is 12.8 Å². The van der Waals surface area contributed by atoms with E-state index in [0.29, 0.717) is 22.3 Å². The van der Waals surface area contributed by atoms with E-state index in [-0.39, 0.29) is 5.48 Å². The number of benzene rings is 2. The first kappa shape index (κ1) is 16.0. The fourth-order valence-corrected chi connectivity index (χ4v) is 3.24. The molecule has 1 aromatic heterocycles. The summed E-state index contributed by atoms with van der Waals surface area (Å²) < 4.78 is 17.6. The van der Waals surface area contributed by atoms with E-state index in [2.05, 4.69) is 9.97 Å². The number of nitrogens with two attached hydrogens (primary N) is 1. The van der Waals surface area contributed by atoms with Crippen molar-refractivity contribution in [1.82, 2.24) is 9.97 Å². The Hall–Kier alpha value is -2.38. The molecule has 0 radical (unpaired) electrons. The second-order valence-electron chi connectivity index (χ2n) is 4.58. The summed E-state index contributed by atoms with van der Waals surface area (Å²) in [6.45, 7) is 0. The van der Waals surface area contributed by atoms with E-state index in [9.17, 15) is 4.21 Å². The second-order valence-corrected chi connectivity index (χ2v) is 5.95. The van der Waals surface area contributed by atoms with Gasteiger partial charge in [0.25, 0.3) is 0 Å². The molecular weight excluding hydrogens is 302 g/mol. The number of hydrogen-bond acceptors (Lipinski definition) is 4. The molecule has 0 saturated heterocycles. The van der Waals surface area contributed by atoms with Gasteiger partial charge in [-0.1, -0.05) is 24.3 Å². The lowest BCUT2D eigenvalue weighted by molar-refractivity contribution is 0.416. The highest BCUT2D eigenvalue weighted by Crippen LogP contribution is 2.26. The van der Waals surface area contributed by atoms with Gasteiger partial charge in [0.15, 0.2) is 5.16 Å². The van der Waals surface area contributed by atoms with Crippen molar-refractivity contribution in [2.45, 2.75) is 10.9 Å². The average Bonchev–Trinajstić information content (AvgIpc) is 2.93. The van der Waals surface area contributed by atoms with Crippen molar-refractivity contribution in [2.24, 2.45) is 0 Å². The van der Waals surface area contributed by atoms with Crippen LogP contribution >= 0.6 is 0 Å². The largest absolute Gasteiger partial charge is 0.495 e. The van der Waals surface area contributed by atoms with Crippen LogP contribution in [0, 0.1) is 0 Å². The lowest BCUT2D eigenvalue weighted by Gasteiger charge is -2.08. The van der Waals surface area contributed by atoms with Crippen LogP contribution in [0.1, 0.15) is 5.56 Å². The maximum atomic E-state index is 12.5. The van der Waals surface area contributed by atoms with Gasteiger partial charge in [-0.15, -0.1) is 0 Å². The zero-order chi connectivity index (χ0) is 14.8. The van der Waals surface area contributed by atoms with E-state index in [1.54, 1.807) is 13.2 Å². The van der Waals surface area contributed by atoms with Crippen LogP contribution in [-0.2, 0) is 16.6 Å². The molecular formula is C15H17N3O3S. The fraction of sp³-hybridized carbons (Fsp3) is 0.133. The van der Waals surface area contributed by atoms with Crippen LogP contribution in [0.4, 0.5) is 5.69 Å². The van der Waals surface area contributed by atoms with Gasteiger partial charge in [-0.25, -0.2) is 4.98 Å². The molecule has 1 unspecified atom stereocenters. The minimum absolute atomic E-state index is 0. The van der Waals surface area contributed by atoms with Crippen LogP contribution in [0.5, 0.6) is 5.75 Å². The summed E-state index contributed by atoms with van der Waals surface area (Å²) in [5, 5.41) is 0.457. The number of aromatic nitrogens is 2. The van der Waals surface area contributed by atoms with Crippen LogP contribution in [0.2, 0.25) is 0 Å². The number of rotatable bonds is 4. The number of nitrogens with zero attached hydrogens (tertiary/aromatic N) is 1. The Morgan fingerprint density at radius 3 is 2.73 bits per heavy atom. The number of imidazole rings is 1. The van der Waals surface area contributed by atoms with Crippen molar-refractivity contribution in [3.8, 4) is 5.75 Å². The average molecular weight is 319 g/mol. The van der Waals surface area contributed by atoms with E-state index in [0.717, 1.165) is 16.6 Å². The molecule has 7 heteroatoms. The highest BCUT2D eigenvalue weighted by atomic mass is 32.2. The number of aromatic amines is 1. The van der Waals surface area contributed by atoms with E-state index < -0.39 is 10.8 Å². The summed E-state index contributed by atoms with van der Waals surface area (Å²) in [6.07, 6.45) is 0. The Morgan fingerprint density at radius 2 is 2.00 bits per heavy atom. The Kier molecular flexibility index (Phi) is 4.79. The normalized spacial score (nSPS) is 11.9. The van der Waals surface area contributed by atoms with E-state index in [1.807, 2.05) is 36.4 Å². The topological polar surface area (TPSA) is 112 Å². The molecule has 0 amide bonds. The first-order chi connectivity index (χ1) is 10.2. The van der Waals surface area contributed by atoms with Crippen LogP contribution < -0.4 is 10.5 Å². The zero-order valence-corrected chi connectivity index (χ0v) is 12.8. The maximum Gasteiger partial charge on any atom is 0.197 e. The lowest BCUT2D eigenvalue weighted by Crippen LogP contribution is -2.03. The molecule has 22 heavy (non-hydrogen) atoms. The van der Waals surface area contributed by atoms with Crippen molar-refractivity contribution >= 4 is 27.5 Å². The number of nitrogen functional groups attached to an aromatic ring is 1. The van der Waals surface area contributed by atoms with Gasteiger partial charge in [0.05, 0.1) is 40.4 Å². The molecule has 1 atom stereocenters. The predicted molar refractivity (Wildman–Crippen MR) is 87.2 cm³/mol. The molecule has 0 aliphatic rings. The highest BCUT2D eigenvalue weighted by Gasteiger charge is 2.13. The third-order valence-corrected chi connectivity index (χ3v) is 4.44. The van der Waals surface area contributed by atoms with Gasteiger partial charge in [0.1, 0.15) is 5.75 Å². The summed E-state index contributed by atoms with van der Waals surface area (Å²) in [5.74, 6) is 0.886. The standard InChI is InChI=1S/C15H15N3O2S.H2O/c1-20-13-8-4-5-10(14(13)16)9-21(19)15-17-11-6-2-3-7-12(11)18-15;/h2-8H,9,16H2,1H3,(H,17,18);1H2. The third kappa shape index (κ3) is 2.95. The number of anilines is 1. The number of H-pyrrole nitrogens is 1. The highest BCUT2D eigenvalue weighted by molar-refractivity contribution is 7.84. The molecule has 0 bridgehead atoms. The number of ether oxygens (including phenoxy) is 1. The minimum atomic E-state index is -1.29. The summed E-state index contributed by atoms with van der Waals surface area (Å²) in [7, 11) is 0.271. The number of hydrogen-bond donors (Lipinski definition) is 2. The van der Waals surface area contributed by atoms with Crippen molar-refractivity contribution in [3.63, 3.8) is 0 Å². The Labute approximate surface area is 130 Å². The summed E-state index contributed by atoms with van der Waals surface area (Å²) in [6, 6.07) is 13.1. The molecule has 6 nitrogen and oxygen atoms in total.